The van der Waals surface area contributed by atoms with Crippen LogP contribution < -0.4 is 0 Å². The molecule has 1 saturated heterocycles. The second-order valence-electron chi connectivity index (χ2n) is 6.68. The van der Waals surface area contributed by atoms with Crippen LogP contribution in [0.25, 0.3) is 0 Å². The Morgan fingerprint density at radius 3 is 2.81 bits per heavy atom. The minimum atomic E-state index is -0.426. The van der Waals surface area contributed by atoms with E-state index in [1.54, 1.807) is 30.5 Å². The summed E-state index contributed by atoms with van der Waals surface area (Å²) in [7, 11) is 1.34. The van der Waals surface area contributed by atoms with Gasteiger partial charge < -0.3 is 14.2 Å². The summed E-state index contributed by atoms with van der Waals surface area (Å²) < 4.78 is 6.88. The Bertz CT molecular complexity index is 784. The lowest BCUT2D eigenvalue weighted by Crippen LogP contribution is -2.44. The maximum Gasteiger partial charge on any atom is 0.337 e. The van der Waals surface area contributed by atoms with Gasteiger partial charge in [0.15, 0.2) is 0 Å². The van der Waals surface area contributed by atoms with Gasteiger partial charge in [-0.05, 0) is 50.8 Å². The highest BCUT2D eigenvalue weighted by Gasteiger charge is 2.27. The van der Waals surface area contributed by atoms with E-state index >= 15 is 0 Å². The molecule has 6 heteroatoms. The number of aromatic nitrogens is 2. The predicted octanol–water partition coefficient (Wildman–Crippen LogP) is 3.06. The Balaban J connectivity index is 1.73. The average Bonchev–Trinajstić information content (AvgIpc) is 3.10. The van der Waals surface area contributed by atoms with Crippen molar-refractivity contribution >= 4 is 11.9 Å². The van der Waals surface area contributed by atoms with Crippen molar-refractivity contribution in [2.75, 3.05) is 13.7 Å². The van der Waals surface area contributed by atoms with E-state index in [1.165, 1.54) is 7.11 Å². The molecule has 0 saturated carbocycles. The Labute approximate surface area is 153 Å². The number of carbonyl (C=O) groups is 2. The van der Waals surface area contributed by atoms with E-state index in [9.17, 15) is 9.59 Å². The summed E-state index contributed by atoms with van der Waals surface area (Å²) in [6, 6.07) is 6.99. The van der Waals surface area contributed by atoms with Crippen molar-refractivity contribution in [1.82, 2.24) is 14.5 Å². The number of rotatable bonds is 5. The van der Waals surface area contributed by atoms with Crippen LogP contribution in [0.5, 0.6) is 0 Å². The fourth-order valence-corrected chi connectivity index (χ4v) is 3.56. The van der Waals surface area contributed by atoms with Crippen molar-refractivity contribution in [1.29, 1.82) is 0 Å². The van der Waals surface area contributed by atoms with E-state index in [4.69, 9.17) is 4.74 Å². The predicted molar refractivity (Wildman–Crippen MR) is 98.0 cm³/mol. The molecule has 26 heavy (non-hydrogen) atoms. The number of benzene rings is 1. The van der Waals surface area contributed by atoms with Gasteiger partial charge in [0, 0.05) is 37.1 Å². The molecule has 138 valence electrons. The lowest BCUT2D eigenvalue weighted by Gasteiger charge is -2.36. The summed E-state index contributed by atoms with van der Waals surface area (Å²) in [5.74, 6) is 0.553. The fraction of sp³-hybridized carbons (Fsp3) is 0.450. The Hall–Kier alpha value is -2.63. The quantitative estimate of drug-likeness (QED) is 0.773. The molecule has 1 aliphatic heterocycles. The number of amides is 1. The highest BCUT2D eigenvalue weighted by Crippen LogP contribution is 2.23. The molecular formula is C20H25N3O3. The van der Waals surface area contributed by atoms with E-state index in [-0.39, 0.29) is 11.9 Å². The normalized spacial score (nSPS) is 17.2. The molecule has 1 aromatic carbocycles. The molecule has 0 bridgehead atoms. The zero-order chi connectivity index (χ0) is 18.5. The lowest BCUT2D eigenvalue weighted by atomic mass is 9.97. The molecule has 1 amide bonds. The largest absolute Gasteiger partial charge is 0.465 e. The van der Waals surface area contributed by atoms with E-state index in [1.807, 2.05) is 18.0 Å². The maximum absolute atomic E-state index is 13.1. The highest BCUT2D eigenvalue weighted by molar-refractivity contribution is 5.98. The second kappa shape index (κ2) is 8.17. The number of piperidine rings is 1. The lowest BCUT2D eigenvalue weighted by molar-refractivity contribution is 0.0594. The summed E-state index contributed by atoms with van der Waals surface area (Å²) in [5.41, 5.74) is 0.944. The first-order valence-electron chi connectivity index (χ1n) is 9.07. The maximum atomic E-state index is 13.1. The van der Waals surface area contributed by atoms with Gasteiger partial charge in [-0.3, -0.25) is 4.79 Å². The van der Waals surface area contributed by atoms with E-state index in [0.717, 1.165) is 44.6 Å². The molecule has 1 fully saturated rings. The van der Waals surface area contributed by atoms with Gasteiger partial charge in [0.25, 0.3) is 5.91 Å². The molecule has 6 nitrogen and oxygen atoms in total. The summed E-state index contributed by atoms with van der Waals surface area (Å²) in [6.07, 6.45) is 7.85. The zero-order valence-corrected chi connectivity index (χ0v) is 15.4. The van der Waals surface area contributed by atoms with Crippen LogP contribution in [0.1, 0.15) is 52.2 Å². The number of methoxy groups -OCH3 is 1. The van der Waals surface area contributed by atoms with Crippen LogP contribution in [-0.4, -0.2) is 46.0 Å². The van der Waals surface area contributed by atoms with Crippen molar-refractivity contribution in [2.24, 2.45) is 0 Å². The number of hydrogen-bond acceptors (Lipinski definition) is 4. The zero-order valence-electron chi connectivity index (χ0n) is 15.4. The highest BCUT2D eigenvalue weighted by atomic mass is 16.5. The monoisotopic (exact) mass is 355 g/mol. The van der Waals surface area contributed by atoms with Crippen molar-refractivity contribution in [3.05, 3.63) is 53.6 Å². The number of likely N-dealkylation sites (tertiary alicyclic amines) is 1. The van der Waals surface area contributed by atoms with Gasteiger partial charge in [-0.25, -0.2) is 9.78 Å². The van der Waals surface area contributed by atoms with E-state index < -0.39 is 5.97 Å². The van der Waals surface area contributed by atoms with E-state index in [2.05, 4.69) is 9.55 Å². The third-order valence-electron chi connectivity index (χ3n) is 5.05. The fourth-order valence-electron chi connectivity index (χ4n) is 3.56. The number of carbonyl (C=O) groups excluding carboxylic acids is 2. The Morgan fingerprint density at radius 1 is 1.27 bits per heavy atom. The summed E-state index contributed by atoms with van der Waals surface area (Å²) in [5, 5.41) is 0. The minimum Gasteiger partial charge on any atom is -0.465 e. The van der Waals surface area contributed by atoms with Crippen molar-refractivity contribution < 1.29 is 14.3 Å². The standard InChI is InChI=1S/C20H25N3O3/c1-15-21-10-13-22(15)12-9-18-8-3-4-11-23(18)19(24)16-6-5-7-17(14-16)20(25)26-2/h5-7,10,13-14,18H,3-4,8-9,11-12H2,1-2H3. The second-order valence-corrected chi connectivity index (χ2v) is 6.68. The molecule has 1 atom stereocenters. The van der Waals surface area contributed by atoms with Crippen LogP contribution in [0.3, 0.4) is 0 Å². The molecule has 0 aliphatic carbocycles. The Morgan fingerprint density at radius 2 is 2.08 bits per heavy atom. The van der Waals surface area contributed by atoms with E-state index in [0.29, 0.717) is 11.1 Å². The number of nitrogens with zero attached hydrogens (tertiary/aromatic N) is 3. The van der Waals surface area contributed by atoms with Gasteiger partial charge in [-0.2, -0.15) is 0 Å². The minimum absolute atomic E-state index is 0.0113. The third-order valence-corrected chi connectivity index (χ3v) is 5.05. The van der Waals surface area contributed by atoms with Crippen LogP contribution in [0, 0.1) is 6.92 Å². The number of imidazole rings is 1. The van der Waals surface area contributed by atoms with Crippen LogP contribution in [0.4, 0.5) is 0 Å². The van der Waals surface area contributed by atoms with Crippen molar-refractivity contribution in [3.63, 3.8) is 0 Å². The smallest absolute Gasteiger partial charge is 0.337 e. The van der Waals surface area contributed by atoms with Gasteiger partial charge in [0.2, 0.25) is 0 Å². The first kappa shape index (κ1) is 18.2. The first-order valence-corrected chi connectivity index (χ1v) is 9.07. The molecule has 3 rings (SSSR count). The van der Waals surface area contributed by atoms with Gasteiger partial charge in [0.1, 0.15) is 5.82 Å². The SMILES string of the molecule is COC(=O)c1cccc(C(=O)N2CCCCC2CCn2ccnc2C)c1. The Kier molecular flexibility index (Phi) is 5.71. The first-order chi connectivity index (χ1) is 12.6. The van der Waals surface area contributed by atoms with Crippen LogP contribution in [-0.2, 0) is 11.3 Å². The topological polar surface area (TPSA) is 64.4 Å². The molecule has 2 heterocycles. The van der Waals surface area contributed by atoms with Gasteiger partial charge in [-0.1, -0.05) is 6.07 Å². The molecule has 2 aromatic rings. The average molecular weight is 355 g/mol. The summed E-state index contributed by atoms with van der Waals surface area (Å²) >= 11 is 0. The van der Waals surface area contributed by atoms with Crippen LogP contribution in [0.15, 0.2) is 36.7 Å². The number of ether oxygens (including phenoxy) is 1. The number of aryl methyl sites for hydroxylation is 2. The number of esters is 1. The van der Waals surface area contributed by atoms with Crippen molar-refractivity contribution in [2.45, 2.75) is 45.2 Å². The molecule has 1 unspecified atom stereocenters. The molecule has 1 aromatic heterocycles. The van der Waals surface area contributed by atoms with Gasteiger partial charge in [0.05, 0.1) is 12.7 Å². The molecule has 0 N–H and O–H groups in total. The number of hydrogen-bond donors (Lipinski definition) is 0. The molecule has 1 aliphatic rings. The van der Waals surface area contributed by atoms with Crippen LogP contribution in [0.2, 0.25) is 0 Å². The summed E-state index contributed by atoms with van der Waals surface area (Å²) in [4.78, 5) is 31.0. The van der Waals surface area contributed by atoms with Crippen molar-refractivity contribution in [3.8, 4) is 0 Å². The molecular weight excluding hydrogens is 330 g/mol. The summed E-state index contributed by atoms with van der Waals surface area (Å²) in [6.45, 7) is 3.60. The molecule has 0 spiro atoms. The molecule has 0 radical (unpaired) electrons. The van der Waals surface area contributed by atoms with Gasteiger partial charge in [-0.15, -0.1) is 0 Å². The third kappa shape index (κ3) is 3.95. The van der Waals surface area contributed by atoms with Crippen LogP contribution >= 0.6 is 0 Å². The van der Waals surface area contributed by atoms with Gasteiger partial charge >= 0.3 is 5.97 Å².